The number of aromatic carboxylic acids is 1. The summed E-state index contributed by atoms with van der Waals surface area (Å²) in [6, 6.07) is 0.514. The number of nitrogens with zero attached hydrogens (tertiary/aromatic N) is 2. The average Bonchev–Trinajstić information content (AvgIpc) is 2.33. The minimum Gasteiger partial charge on any atom is -0.478 e. The van der Waals surface area contributed by atoms with Crippen LogP contribution in [0.4, 0.5) is 10.2 Å². The molecule has 6 nitrogen and oxygen atoms in total. The minimum atomic E-state index is -1.36. The van der Waals surface area contributed by atoms with Gasteiger partial charge in [-0.15, -0.1) is 0 Å². The fourth-order valence-corrected chi connectivity index (χ4v) is 1.87. The predicted octanol–water partition coefficient (Wildman–Crippen LogP) is 0.244. The van der Waals surface area contributed by atoms with Gasteiger partial charge in [-0.2, -0.15) is 0 Å². The van der Waals surface area contributed by atoms with Gasteiger partial charge in [0, 0.05) is 19.3 Å². The van der Waals surface area contributed by atoms with Crippen molar-refractivity contribution in [1.29, 1.82) is 0 Å². The summed E-state index contributed by atoms with van der Waals surface area (Å²) in [5, 5.41) is 11.5. The molecule has 1 unspecified atom stereocenters. The maximum Gasteiger partial charge on any atom is 0.338 e. The highest BCUT2D eigenvalue weighted by Gasteiger charge is 2.29. The number of nitrogens with one attached hydrogen (secondary N) is 1. The number of carboxylic acids is 1. The van der Waals surface area contributed by atoms with Crippen molar-refractivity contribution >= 4 is 17.7 Å². The van der Waals surface area contributed by atoms with E-state index in [0.29, 0.717) is 13.1 Å². The van der Waals surface area contributed by atoms with Crippen molar-refractivity contribution in [1.82, 2.24) is 10.3 Å². The van der Waals surface area contributed by atoms with E-state index in [-0.39, 0.29) is 11.7 Å². The topological polar surface area (TPSA) is 82.5 Å². The van der Waals surface area contributed by atoms with Crippen molar-refractivity contribution in [2.75, 3.05) is 18.0 Å². The zero-order valence-electron chi connectivity index (χ0n) is 9.68. The molecule has 0 saturated carbocycles. The Balaban J connectivity index is 2.41. The number of pyridine rings is 1. The third kappa shape index (κ3) is 1.99. The van der Waals surface area contributed by atoms with E-state index in [4.69, 9.17) is 5.11 Å². The molecule has 2 rings (SSSR count). The van der Waals surface area contributed by atoms with Crippen LogP contribution >= 0.6 is 0 Å². The molecule has 2 N–H and O–H groups in total. The van der Waals surface area contributed by atoms with Crippen molar-refractivity contribution in [2.24, 2.45) is 0 Å². The Labute approximate surface area is 102 Å². The number of anilines is 1. The third-order valence-corrected chi connectivity index (χ3v) is 2.87. The summed E-state index contributed by atoms with van der Waals surface area (Å²) in [5.74, 6) is -2.60. The van der Waals surface area contributed by atoms with E-state index in [2.05, 4.69) is 10.3 Å². The number of carboxylic acid groups (broad SMARTS) is 1. The van der Waals surface area contributed by atoms with Gasteiger partial charge in [-0.3, -0.25) is 4.79 Å². The maximum atomic E-state index is 14.0. The van der Waals surface area contributed by atoms with Gasteiger partial charge in [0.2, 0.25) is 5.91 Å². The van der Waals surface area contributed by atoms with Crippen LogP contribution in [0.5, 0.6) is 0 Å². The predicted molar refractivity (Wildman–Crippen MR) is 61.0 cm³/mol. The maximum absolute atomic E-state index is 14.0. The highest BCUT2D eigenvalue weighted by atomic mass is 19.1. The molecule has 0 aliphatic carbocycles. The molecule has 1 amide bonds. The van der Waals surface area contributed by atoms with E-state index in [1.54, 1.807) is 6.92 Å². The number of piperazine rings is 1. The van der Waals surface area contributed by atoms with Crippen LogP contribution < -0.4 is 10.2 Å². The van der Waals surface area contributed by atoms with Gasteiger partial charge in [0.1, 0.15) is 11.6 Å². The van der Waals surface area contributed by atoms with Crippen LogP contribution in [0.15, 0.2) is 12.3 Å². The molecular weight excluding hydrogens is 241 g/mol. The summed E-state index contributed by atoms with van der Waals surface area (Å²) < 4.78 is 14.0. The van der Waals surface area contributed by atoms with Crippen LogP contribution in [0, 0.1) is 5.82 Å². The van der Waals surface area contributed by atoms with Crippen LogP contribution in [0.25, 0.3) is 0 Å². The van der Waals surface area contributed by atoms with Gasteiger partial charge in [-0.25, -0.2) is 14.2 Å². The second kappa shape index (κ2) is 4.59. The molecular formula is C11H12FN3O3. The number of amides is 1. The van der Waals surface area contributed by atoms with Crippen LogP contribution in [-0.4, -0.2) is 41.1 Å². The monoisotopic (exact) mass is 253 g/mol. The fraction of sp³-hybridized carbons (Fsp3) is 0.364. The number of aromatic nitrogens is 1. The first-order valence-corrected chi connectivity index (χ1v) is 5.44. The molecule has 7 heteroatoms. The first kappa shape index (κ1) is 12.3. The second-order valence-electron chi connectivity index (χ2n) is 3.96. The minimum absolute atomic E-state index is 0.0998. The first-order valence-electron chi connectivity index (χ1n) is 5.44. The summed E-state index contributed by atoms with van der Waals surface area (Å²) in [4.78, 5) is 27.6. The molecule has 1 aromatic rings. The van der Waals surface area contributed by atoms with Crippen molar-refractivity contribution < 1.29 is 19.1 Å². The third-order valence-electron chi connectivity index (χ3n) is 2.87. The quantitative estimate of drug-likeness (QED) is 0.789. The van der Waals surface area contributed by atoms with Crippen molar-refractivity contribution in [2.45, 2.75) is 13.0 Å². The zero-order valence-corrected chi connectivity index (χ0v) is 9.68. The summed E-state index contributed by atoms with van der Waals surface area (Å²) in [5.41, 5.74) is -0.446. The molecule has 1 aromatic heterocycles. The van der Waals surface area contributed by atoms with Crippen LogP contribution in [-0.2, 0) is 4.79 Å². The van der Waals surface area contributed by atoms with E-state index < -0.39 is 23.4 Å². The largest absolute Gasteiger partial charge is 0.478 e. The number of carbonyl (C=O) groups is 2. The van der Waals surface area contributed by atoms with Gasteiger partial charge < -0.3 is 15.3 Å². The highest BCUT2D eigenvalue weighted by molar-refractivity contribution is 5.90. The Bertz CT molecular complexity index is 506. The molecule has 1 aliphatic rings. The Morgan fingerprint density at radius 1 is 1.67 bits per heavy atom. The Morgan fingerprint density at radius 3 is 3.06 bits per heavy atom. The fourth-order valence-electron chi connectivity index (χ4n) is 1.87. The molecule has 1 saturated heterocycles. The normalized spacial score (nSPS) is 19.6. The van der Waals surface area contributed by atoms with E-state index >= 15 is 0 Å². The smallest absolute Gasteiger partial charge is 0.338 e. The van der Waals surface area contributed by atoms with Crippen LogP contribution in [0.2, 0.25) is 0 Å². The summed E-state index contributed by atoms with van der Waals surface area (Å²) in [7, 11) is 0. The summed E-state index contributed by atoms with van der Waals surface area (Å²) in [6.07, 6.45) is 1.22. The van der Waals surface area contributed by atoms with E-state index in [1.165, 1.54) is 11.1 Å². The second-order valence-corrected chi connectivity index (χ2v) is 3.96. The molecule has 96 valence electrons. The van der Waals surface area contributed by atoms with Crippen molar-refractivity contribution in [3.63, 3.8) is 0 Å². The Hall–Kier alpha value is -2.18. The average molecular weight is 253 g/mol. The van der Waals surface area contributed by atoms with E-state index in [9.17, 15) is 14.0 Å². The number of halogens is 1. The molecule has 0 aromatic carbocycles. The van der Waals surface area contributed by atoms with Gasteiger partial charge in [-0.1, -0.05) is 0 Å². The summed E-state index contributed by atoms with van der Waals surface area (Å²) in [6.45, 7) is 2.38. The SMILES string of the molecule is CC1C(=O)NCCN1c1nccc(C(=O)O)c1F. The van der Waals surface area contributed by atoms with Gasteiger partial charge in [0.15, 0.2) is 11.6 Å². The van der Waals surface area contributed by atoms with Crippen molar-refractivity contribution in [3.05, 3.63) is 23.6 Å². The molecule has 0 bridgehead atoms. The molecule has 1 atom stereocenters. The van der Waals surface area contributed by atoms with E-state index in [0.717, 1.165) is 6.07 Å². The first-order chi connectivity index (χ1) is 8.52. The number of hydrogen-bond acceptors (Lipinski definition) is 4. The lowest BCUT2D eigenvalue weighted by Gasteiger charge is -2.33. The Morgan fingerprint density at radius 2 is 2.39 bits per heavy atom. The molecule has 1 fully saturated rings. The lowest BCUT2D eigenvalue weighted by atomic mass is 10.1. The zero-order chi connectivity index (χ0) is 13.3. The highest BCUT2D eigenvalue weighted by Crippen LogP contribution is 2.22. The lowest BCUT2D eigenvalue weighted by Crippen LogP contribution is -2.54. The van der Waals surface area contributed by atoms with E-state index in [1.807, 2.05) is 0 Å². The lowest BCUT2D eigenvalue weighted by molar-refractivity contribution is -0.122. The molecule has 2 heterocycles. The Kier molecular flexibility index (Phi) is 3.14. The van der Waals surface area contributed by atoms with Gasteiger partial charge in [0.25, 0.3) is 0 Å². The summed E-state index contributed by atoms with van der Waals surface area (Å²) >= 11 is 0. The van der Waals surface area contributed by atoms with Gasteiger partial charge in [0.05, 0.1) is 0 Å². The molecule has 0 spiro atoms. The number of rotatable bonds is 2. The number of hydrogen-bond donors (Lipinski definition) is 2. The van der Waals surface area contributed by atoms with Gasteiger partial charge in [-0.05, 0) is 13.0 Å². The number of carbonyl (C=O) groups excluding carboxylic acids is 1. The molecule has 0 radical (unpaired) electrons. The van der Waals surface area contributed by atoms with Crippen molar-refractivity contribution in [3.8, 4) is 0 Å². The molecule has 18 heavy (non-hydrogen) atoms. The standard InChI is InChI=1S/C11H12FN3O3/c1-6-10(16)14-4-5-15(6)9-8(12)7(11(17)18)2-3-13-9/h2-3,6H,4-5H2,1H3,(H,14,16)(H,17,18). The van der Waals surface area contributed by atoms with Crippen LogP contribution in [0.3, 0.4) is 0 Å². The van der Waals surface area contributed by atoms with Crippen LogP contribution in [0.1, 0.15) is 17.3 Å². The molecule has 1 aliphatic heterocycles. The van der Waals surface area contributed by atoms with Gasteiger partial charge >= 0.3 is 5.97 Å².